The van der Waals surface area contributed by atoms with Crippen molar-refractivity contribution in [2.24, 2.45) is 0 Å². The van der Waals surface area contributed by atoms with Crippen LogP contribution >= 0.6 is 0 Å². The van der Waals surface area contributed by atoms with Crippen molar-refractivity contribution in [2.75, 3.05) is 6.61 Å². The van der Waals surface area contributed by atoms with Crippen molar-refractivity contribution in [3.05, 3.63) is 24.3 Å². The van der Waals surface area contributed by atoms with Crippen LogP contribution in [-0.4, -0.2) is 46.1 Å². The number of carbonyl (C=O) groups is 1. The highest BCUT2D eigenvalue weighted by atomic mass is 16.3. The van der Waals surface area contributed by atoms with Crippen molar-refractivity contribution < 1.29 is 20.1 Å². The quantitative estimate of drug-likeness (QED) is 0.0361. The van der Waals surface area contributed by atoms with Crippen molar-refractivity contribution >= 4 is 5.91 Å². The van der Waals surface area contributed by atoms with Crippen molar-refractivity contribution in [3.63, 3.8) is 0 Å². The molecule has 0 bridgehead atoms. The van der Waals surface area contributed by atoms with E-state index >= 15 is 0 Å². The number of amides is 1. The number of aliphatic hydroxyl groups excluding tert-OH is 3. The first-order valence-corrected chi connectivity index (χ1v) is 29.6. The second-order valence-corrected chi connectivity index (χ2v) is 20.5. The van der Waals surface area contributed by atoms with Gasteiger partial charge in [0.2, 0.25) is 5.91 Å². The summed E-state index contributed by atoms with van der Waals surface area (Å²) < 4.78 is 0. The number of aliphatic hydroxyl groups is 3. The fourth-order valence-electron chi connectivity index (χ4n) is 9.48. The van der Waals surface area contributed by atoms with Crippen LogP contribution in [0.3, 0.4) is 0 Å². The van der Waals surface area contributed by atoms with Gasteiger partial charge in [-0.1, -0.05) is 295 Å². The van der Waals surface area contributed by atoms with Crippen LogP contribution in [0.2, 0.25) is 0 Å². The number of nitrogens with one attached hydrogen (secondary N) is 1. The van der Waals surface area contributed by atoms with Gasteiger partial charge in [-0.15, -0.1) is 0 Å². The lowest BCUT2D eigenvalue weighted by Crippen LogP contribution is -2.50. The number of carbonyl (C=O) groups excluding carboxylic acids is 1. The molecular formula is C60H117NO4. The molecule has 0 rings (SSSR count). The molecule has 0 aromatic heterocycles. The lowest BCUT2D eigenvalue weighted by atomic mass is 10.0. The van der Waals surface area contributed by atoms with Gasteiger partial charge in [0.05, 0.1) is 18.8 Å². The van der Waals surface area contributed by atoms with Crippen molar-refractivity contribution in [3.8, 4) is 0 Å². The molecule has 65 heavy (non-hydrogen) atoms. The van der Waals surface area contributed by atoms with Gasteiger partial charge in [-0.3, -0.25) is 4.79 Å². The van der Waals surface area contributed by atoms with E-state index in [-0.39, 0.29) is 12.5 Å². The summed E-state index contributed by atoms with van der Waals surface area (Å²) in [7, 11) is 0. The van der Waals surface area contributed by atoms with Crippen LogP contribution in [-0.2, 0) is 4.79 Å². The van der Waals surface area contributed by atoms with Gasteiger partial charge in [-0.2, -0.15) is 0 Å². The number of unbranched alkanes of at least 4 members (excludes halogenated alkanes) is 43. The van der Waals surface area contributed by atoms with Crippen molar-refractivity contribution in [1.82, 2.24) is 5.32 Å². The smallest absolute Gasteiger partial charge is 0.220 e. The first-order chi connectivity index (χ1) is 32.1. The number of hydrogen-bond acceptors (Lipinski definition) is 4. The van der Waals surface area contributed by atoms with Crippen molar-refractivity contribution in [1.29, 1.82) is 0 Å². The Morgan fingerprint density at radius 1 is 0.369 bits per heavy atom. The van der Waals surface area contributed by atoms with Gasteiger partial charge in [-0.25, -0.2) is 0 Å². The predicted molar refractivity (Wildman–Crippen MR) is 287 cm³/mol. The number of rotatable bonds is 55. The molecule has 3 atom stereocenters. The normalized spacial score (nSPS) is 13.4. The summed E-state index contributed by atoms with van der Waals surface area (Å²) in [5, 5.41) is 33.8. The zero-order valence-corrected chi connectivity index (χ0v) is 44.1. The molecule has 3 unspecified atom stereocenters. The standard InChI is InChI=1S/C60H117NO4/c1-3-5-7-9-11-13-15-17-19-21-23-25-27-28-29-30-31-33-35-37-39-41-43-45-47-49-51-53-55-59(64)61-57(56-62)60(65)58(63)54-52-50-48-46-44-42-40-38-36-34-32-26-24-22-20-18-16-14-12-10-8-6-4-2/h38,40,46,48,57-58,60,62-63,65H,3-37,39,41-45,47,49-56H2,1-2H3,(H,61,64)/b40-38+,48-46+. The fraction of sp³-hybridized carbons (Fsp3) is 0.917. The minimum absolute atomic E-state index is 0.151. The van der Waals surface area contributed by atoms with E-state index in [9.17, 15) is 20.1 Å². The molecule has 386 valence electrons. The van der Waals surface area contributed by atoms with Gasteiger partial charge in [-0.05, 0) is 51.4 Å². The molecule has 5 heteroatoms. The van der Waals surface area contributed by atoms with Crippen molar-refractivity contribution in [2.45, 2.75) is 347 Å². The zero-order valence-electron chi connectivity index (χ0n) is 44.1. The Labute approximate surface area is 407 Å². The Morgan fingerprint density at radius 2 is 0.631 bits per heavy atom. The monoisotopic (exact) mass is 916 g/mol. The largest absolute Gasteiger partial charge is 0.394 e. The number of hydrogen-bond donors (Lipinski definition) is 4. The van der Waals surface area contributed by atoms with Gasteiger partial charge in [0.25, 0.3) is 0 Å². The maximum Gasteiger partial charge on any atom is 0.220 e. The average molecular weight is 917 g/mol. The molecule has 0 aromatic carbocycles. The summed E-state index contributed by atoms with van der Waals surface area (Å²) in [5.41, 5.74) is 0. The van der Waals surface area contributed by atoms with E-state index in [4.69, 9.17) is 0 Å². The molecule has 0 aliphatic heterocycles. The molecule has 0 saturated carbocycles. The van der Waals surface area contributed by atoms with Crippen LogP contribution in [0.15, 0.2) is 24.3 Å². The Hall–Kier alpha value is -1.17. The molecule has 0 heterocycles. The third-order valence-corrected chi connectivity index (χ3v) is 14.0. The minimum Gasteiger partial charge on any atom is -0.394 e. The molecule has 5 nitrogen and oxygen atoms in total. The highest BCUT2D eigenvalue weighted by Gasteiger charge is 2.26. The van der Waals surface area contributed by atoms with Crippen LogP contribution in [0.5, 0.6) is 0 Å². The summed E-state index contributed by atoms with van der Waals surface area (Å²) in [6.45, 7) is 4.21. The van der Waals surface area contributed by atoms with E-state index in [1.807, 2.05) is 0 Å². The van der Waals surface area contributed by atoms with E-state index in [1.165, 1.54) is 257 Å². The Bertz CT molecular complexity index is 967. The minimum atomic E-state index is -1.17. The molecule has 0 aliphatic rings. The highest BCUT2D eigenvalue weighted by molar-refractivity contribution is 5.76. The Balaban J connectivity index is 3.54. The van der Waals surface area contributed by atoms with E-state index in [0.717, 1.165) is 44.9 Å². The number of allylic oxidation sites excluding steroid dienone is 4. The molecule has 1 amide bonds. The van der Waals surface area contributed by atoms with Crippen LogP contribution in [0, 0.1) is 0 Å². The van der Waals surface area contributed by atoms with Gasteiger partial charge < -0.3 is 20.6 Å². The topological polar surface area (TPSA) is 89.8 Å². The third-order valence-electron chi connectivity index (χ3n) is 14.0. The second-order valence-electron chi connectivity index (χ2n) is 20.5. The van der Waals surface area contributed by atoms with Gasteiger partial charge >= 0.3 is 0 Å². The predicted octanol–water partition coefficient (Wildman–Crippen LogP) is 18.5. The summed E-state index contributed by atoms with van der Waals surface area (Å²) in [5.74, 6) is -0.151. The van der Waals surface area contributed by atoms with E-state index < -0.39 is 18.2 Å². The molecular weight excluding hydrogens is 799 g/mol. The van der Waals surface area contributed by atoms with Crippen LogP contribution in [0.1, 0.15) is 328 Å². The third kappa shape index (κ3) is 50.5. The van der Waals surface area contributed by atoms with Crippen LogP contribution in [0.4, 0.5) is 0 Å². The van der Waals surface area contributed by atoms with E-state index in [0.29, 0.717) is 12.8 Å². The van der Waals surface area contributed by atoms with Crippen LogP contribution in [0.25, 0.3) is 0 Å². The SMILES string of the molecule is CCCCCCCCCCCCCCCC/C=C/CC/C=C/CCCC(O)C(O)C(CO)NC(=O)CCCCCCCCCCCCCCCCCCCCCCCCCCCCCC. The summed E-state index contributed by atoms with van der Waals surface area (Å²) in [6, 6.07) is -0.830. The molecule has 0 fully saturated rings. The summed E-state index contributed by atoms with van der Waals surface area (Å²) in [6.07, 6.45) is 70.6. The van der Waals surface area contributed by atoms with E-state index in [1.54, 1.807) is 0 Å². The zero-order chi connectivity index (χ0) is 47.2. The van der Waals surface area contributed by atoms with Crippen LogP contribution < -0.4 is 5.32 Å². The second kappa shape index (κ2) is 55.4. The van der Waals surface area contributed by atoms with Gasteiger partial charge in [0, 0.05) is 6.42 Å². The Morgan fingerprint density at radius 3 is 0.938 bits per heavy atom. The molecule has 0 aromatic rings. The Kier molecular flexibility index (Phi) is 54.4. The molecule has 0 aliphatic carbocycles. The van der Waals surface area contributed by atoms with Gasteiger partial charge in [0.1, 0.15) is 6.10 Å². The molecule has 0 saturated heterocycles. The average Bonchev–Trinajstić information content (AvgIpc) is 3.31. The lowest BCUT2D eigenvalue weighted by molar-refractivity contribution is -0.124. The summed E-state index contributed by atoms with van der Waals surface area (Å²) >= 11 is 0. The first kappa shape index (κ1) is 63.8. The lowest BCUT2D eigenvalue weighted by Gasteiger charge is -2.26. The fourth-order valence-corrected chi connectivity index (χ4v) is 9.48. The maximum atomic E-state index is 12.5. The highest BCUT2D eigenvalue weighted by Crippen LogP contribution is 2.18. The molecule has 0 radical (unpaired) electrons. The first-order valence-electron chi connectivity index (χ1n) is 29.6. The maximum absolute atomic E-state index is 12.5. The van der Waals surface area contributed by atoms with E-state index in [2.05, 4.69) is 43.5 Å². The molecule has 4 N–H and O–H groups in total. The van der Waals surface area contributed by atoms with Gasteiger partial charge in [0.15, 0.2) is 0 Å². The molecule has 0 spiro atoms. The summed E-state index contributed by atoms with van der Waals surface area (Å²) in [4.78, 5) is 12.5.